The summed E-state index contributed by atoms with van der Waals surface area (Å²) in [5.41, 5.74) is 6.08. The standard InChI is InChI=1S/C10H17N3O/c1-13-4-3-12-10(13)9(11)6-8-2-5-14-7-8/h3-4,8-9H,2,5-7,11H2,1H3. The average molecular weight is 195 g/mol. The highest BCUT2D eigenvalue weighted by molar-refractivity contribution is 4.98. The first kappa shape index (κ1) is 9.68. The summed E-state index contributed by atoms with van der Waals surface area (Å²) >= 11 is 0. The van der Waals surface area contributed by atoms with E-state index in [1.807, 2.05) is 17.8 Å². The smallest absolute Gasteiger partial charge is 0.125 e. The molecule has 0 spiro atoms. The maximum atomic E-state index is 6.08. The van der Waals surface area contributed by atoms with Crippen molar-refractivity contribution < 1.29 is 4.74 Å². The van der Waals surface area contributed by atoms with Gasteiger partial charge in [0.05, 0.1) is 6.04 Å². The maximum Gasteiger partial charge on any atom is 0.125 e. The van der Waals surface area contributed by atoms with Crippen molar-refractivity contribution >= 4 is 0 Å². The minimum absolute atomic E-state index is 0.0432. The van der Waals surface area contributed by atoms with Crippen LogP contribution in [0.2, 0.25) is 0 Å². The topological polar surface area (TPSA) is 53.1 Å². The van der Waals surface area contributed by atoms with Gasteiger partial charge in [0.15, 0.2) is 0 Å². The Labute approximate surface area is 84.1 Å². The number of nitrogens with two attached hydrogens (primary N) is 1. The van der Waals surface area contributed by atoms with E-state index in [9.17, 15) is 0 Å². The van der Waals surface area contributed by atoms with Crippen LogP contribution in [0.4, 0.5) is 0 Å². The zero-order valence-electron chi connectivity index (χ0n) is 8.52. The lowest BCUT2D eigenvalue weighted by molar-refractivity contribution is 0.182. The number of aromatic nitrogens is 2. The zero-order valence-corrected chi connectivity index (χ0v) is 8.52. The maximum absolute atomic E-state index is 6.08. The molecule has 0 bridgehead atoms. The fourth-order valence-corrected chi connectivity index (χ4v) is 1.97. The van der Waals surface area contributed by atoms with Crippen LogP contribution >= 0.6 is 0 Å². The first-order valence-corrected chi connectivity index (χ1v) is 5.08. The number of aryl methyl sites for hydroxylation is 1. The normalized spacial score (nSPS) is 24.0. The van der Waals surface area contributed by atoms with Gasteiger partial charge in [-0.2, -0.15) is 0 Å². The molecule has 1 aromatic rings. The highest BCUT2D eigenvalue weighted by Crippen LogP contribution is 2.23. The number of rotatable bonds is 3. The second kappa shape index (κ2) is 4.11. The van der Waals surface area contributed by atoms with Crippen molar-refractivity contribution in [3.05, 3.63) is 18.2 Å². The molecule has 0 amide bonds. The molecule has 14 heavy (non-hydrogen) atoms. The number of imidazole rings is 1. The predicted molar refractivity (Wildman–Crippen MR) is 53.7 cm³/mol. The molecule has 0 aromatic carbocycles. The molecule has 0 aliphatic carbocycles. The van der Waals surface area contributed by atoms with Crippen LogP contribution in [0.1, 0.15) is 24.7 Å². The van der Waals surface area contributed by atoms with Gasteiger partial charge in [0, 0.05) is 32.7 Å². The first-order valence-electron chi connectivity index (χ1n) is 5.08. The highest BCUT2D eigenvalue weighted by Gasteiger charge is 2.21. The number of hydrogen-bond donors (Lipinski definition) is 1. The van der Waals surface area contributed by atoms with E-state index < -0.39 is 0 Å². The number of ether oxygens (including phenoxy) is 1. The quantitative estimate of drug-likeness (QED) is 0.777. The van der Waals surface area contributed by atoms with Crippen LogP contribution in [0.5, 0.6) is 0 Å². The van der Waals surface area contributed by atoms with E-state index in [0.717, 1.165) is 31.9 Å². The number of nitrogens with zero attached hydrogens (tertiary/aromatic N) is 2. The summed E-state index contributed by atoms with van der Waals surface area (Å²) in [4.78, 5) is 4.25. The fourth-order valence-electron chi connectivity index (χ4n) is 1.97. The fraction of sp³-hybridized carbons (Fsp3) is 0.700. The second-order valence-corrected chi connectivity index (χ2v) is 3.97. The van der Waals surface area contributed by atoms with E-state index in [1.165, 1.54) is 0 Å². The molecule has 1 aliphatic heterocycles. The van der Waals surface area contributed by atoms with Gasteiger partial charge in [0.2, 0.25) is 0 Å². The summed E-state index contributed by atoms with van der Waals surface area (Å²) in [5, 5.41) is 0. The average Bonchev–Trinajstić information content (AvgIpc) is 2.75. The van der Waals surface area contributed by atoms with E-state index in [0.29, 0.717) is 5.92 Å². The highest BCUT2D eigenvalue weighted by atomic mass is 16.5. The van der Waals surface area contributed by atoms with E-state index in [1.54, 1.807) is 6.20 Å². The SMILES string of the molecule is Cn1ccnc1C(N)CC1CCOC1. The minimum Gasteiger partial charge on any atom is -0.381 e. The lowest BCUT2D eigenvalue weighted by Gasteiger charge is -2.14. The first-order chi connectivity index (χ1) is 6.77. The summed E-state index contributed by atoms with van der Waals surface area (Å²) in [6, 6.07) is 0.0432. The van der Waals surface area contributed by atoms with Crippen molar-refractivity contribution in [2.75, 3.05) is 13.2 Å². The summed E-state index contributed by atoms with van der Waals surface area (Å²) in [5.74, 6) is 1.58. The Bertz CT molecular complexity index is 291. The molecule has 2 atom stereocenters. The van der Waals surface area contributed by atoms with Crippen LogP contribution in [0.15, 0.2) is 12.4 Å². The molecule has 78 valence electrons. The van der Waals surface area contributed by atoms with Gasteiger partial charge in [0.1, 0.15) is 5.82 Å². The monoisotopic (exact) mass is 195 g/mol. The molecule has 2 rings (SSSR count). The third kappa shape index (κ3) is 1.96. The Hall–Kier alpha value is -0.870. The molecule has 1 aromatic heterocycles. The Morgan fingerprint density at radius 3 is 3.21 bits per heavy atom. The van der Waals surface area contributed by atoms with Gasteiger partial charge in [-0.1, -0.05) is 0 Å². The van der Waals surface area contributed by atoms with Crippen molar-refractivity contribution in [1.82, 2.24) is 9.55 Å². The molecular weight excluding hydrogens is 178 g/mol. The summed E-state index contributed by atoms with van der Waals surface area (Å²) in [7, 11) is 1.98. The molecule has 2 unspecified atom stereocenters. The molecule has 4 nitrogen and oxygen atoms in total. The third-order valence-electron chi connectivity index (χ3n) is 2.80. The van der Waals surface area contributed by atoms with Gasteiger partial charge >= 0.3 is 0 Å². The minimum atomic E-state index is 0.0432. The van der Waals surface area contributed by atoms with Crippen LogP contribution in [-0.2, 0) is 11.8 Å². The van der Waals surface area contributed by atoms with Crippen molar-refractivity contribution in [2.45, 2.75) is 18.9 Å². The second-order valence-electron chi connectivity index (χ2n) is 3.97. The lowest BCUT2D eigenvalue weighted by Crippen LogP contribution is -2.19. The van der Waals surface area contributed by atoms with Crippen molar-refractivity contribution in [3.8, 4) is 0 Å². The summed E-state index contributed by atoms with van der Waals surface area (Å²) < 4.78 is 7.31. The Kier molecular flexibility index (Phi) is 2.84. The van der Waals surface area contributed by atoms with Crippen LogP contribution < -0.4 is 5.73 Å². The van der Waals surface area contributed by atoms with Gasteiger partial charge in [-0.25, -0.2) is 4.98 Å². The Balaban J connectivity index is 1.95. The molecule has 2 N–H and O–H groups in total. The van der Waals surface area contributed by atoms with E-state index >= 15 is 0 Å². The van der Waals surface area contributed by atoms with Gasteiger partial charge in [-0.15, -0.1) is 0 Å². The zero-order chi connectivity index (χ0) is 9.97. The Morgan fingerprint density at radius 2 is 2.64 bits per heavy atom. The van der Waals surface area contributed by atoms with Gasteiger partial charge < -0.3 is 15.0 Å². The van der Waals surface area contributed by atoms with Crippen molar-refractivity contribution in [2.24, 2.45) is 18.7 Å². The number of hydrogen-bond acceptors (Lipinski definition) is 3. The van der Waals surface area contributed by atoms with Crippen molar-refractivity contribution in [3.63, 3.8) is 0 Å². The molecular formula is C10H17N3O. The summed E-state index contributed by atoms with van der Waals surface area (Å²) in [6.07, 6.45) is 5.84. The third-order valence-corrected chi connectivity index (χ3v) is 2.80. The largest absolute Gasteiger partial charge is 0.381 e. The van der Waals surface area contributed by atoms with Crippen LogP contribution in [-0.4, -0.2) is 22.8 Å². The molecule has 0 saturated carbocycles. The van der Waals surface area contributed by atoms with Crippen LogP contribution in [0, 0.1) is 5.92 Å². The molecule has 0 radical (unpaired) electrons. The summed E-state index contributed by atoms with van der Waals surface area (Å²) in [6.45, 7) is 1.75. The van der Waals surface area contributed by atoms with Gasteiger partial charge in [-0.3, -0.25) is 0 Å². The molecule has 1 saturated heterocycles. The predicted octanol–water partition coefficient (Wildman–Crippen LogP) is 0.846. The van der Waals surface area contributed by atoms with E-state index in [2.05, 4.69) is 4.98 Å². The lowest BCUT2D eigenvalue weighted by atomic mass is 9.99. The van der Waals surface area contributed by atoms with Crippen LogP contribution in [0.25, 0.3) is 0 Å². The van der Waals surface area contributed by atoms with E-state index in [4.69, 9.17) is 10.5 Å². The van der Waals surface area contributed by atoms with Crippen LogP contribution in [0.3, 0.4) is 0 Å². The van der Waals surface area contributed by atoms with Gasteiger partial charge in [-0.05, 0) is 18.8 Å². The van der Waals surface area contributed by atoms with Gasteiger partial charge in [0.25, 0.3) is 0 Å². The van der Waals surface area contributed by atoms with Crippen molar-refractivity contribution in [1.29, 1.82) is 0 Å². The Morgan fingerprint density at radius 1 is 1.79 bits per heavy atom. The molecule has 1 aliphatic rings. The molecule has 1 fully saturated rings. The molecule has 4 heteroatoms. The molecule has 2 heterocycles. The van der Waals surface area contributed by atoms with E-state index in [-0.39, 0.29) is 6.04 Å².